The lowest BCUT2D eigenvalue weighted by atomic mass is 10.1. The lowest BCUT2D eigenvalue weighted by Gasteiger charge is -2.05. The van der Waals surface area contributed by atoms with Crippen LogP contribution in [-0.2, 0) is 0 Å². The van der Waals surface area contributed by atoms with Crippen molar-refractivity contribution in [2.75, 3.05) is 0 Å². The normalized spacial score (nSPS) is 11.2. The number of rotatable bonds is 3. The number of amides is 1. The second kappa shape index (κ2) is 6.43. The summed E-state index contributed by atoms with van der Waals surface area (Å²) < 4.78 is 13.7. The van der Waals surface area contributed by atoms with E-state index in [2.05, 4.69) is 26.5 Å². The smallest absolute Gasteiger partial charge is 0.267 e. The van der Waals surface area contributed by atoms with Crippen molar-refractivity contribution in [3.05, 3.63) is 69.9 Å². The Morgan fingerprint density at radius 2 is 1.80 bits per heavy atom. The van der Waals surface area contributed by atoms with Gasteiger partial charge < -0.3 is 0 Å². The van der Waals surface area contributed by atoms with Crippen LogP contribution < -0.4 is 5.43 Å². The number of nitrogens with one attached hydrogen (secondary N) is 1. The molecule has 0 atom stereocenters. The summed E-state index contributed by atoms with van der Waals surface area (Å²) in [6.45, 7) is 1.80. The van der Waals surface area contributed by atoms with Crippen molar-refractivity contribution in [3.8, 4) is 0 Å². The Labute approximate surface area is 124 Å². The molecule has 0 saturated carbocycles. The van der Waals surface area contributed by atoms with Gasteiger partial charge in [0.05, 0.1) is 5.71 Å². The van der Waals surface area contributed by atoms with E-state index >= 15 is 0 Å². The Morgan fingerprint density at radius 3 is 2.45 bits per heavy atom. The molecule has 0 aliphatic heterocycles. The highest BCUT2D eigenvalue weighted by Gasteiger charge is 2.06. The summed E-state index contributed by atoms with van der Waals surface area (Å²) in [5, 5.41) is 4.05. The van der Waals surface area contributed by atoms with Crippen LogP contribution in [0.25, 0.3) is 0 Å². The molecular formula is C15H12BrFN2O. The van der Waals surface area contributed by atoms with Crippen LogP contribution in [0.5, 0.6) is 0 Å². The Balaban J connectivity index is 2.11. The zero-order chi connectivity index (χ0) is 14.5. The molecule has 0 spiro atoms. The molecule has 0 bridgehead atoms. The van der Waals surface area contributed by atoms with Gasteiger partial charge in [-0.15, -0.1) is 0 Å². The van der Waals surface area contributed by atoms with Gasteiger partial charge in [0.2, 0.25) is 0 Å². The van der Waals surface area contributed by atoms with Crippen molar-refractivity contribution in [1.82, 2.24) is 5.43 Å². The number of halogens is 2. The molecular weight excluding hydrogens is 323 g/mol. The quantitative estimate of drug-likeness (QED) is 0.674. The fraction of sp³-hybridized carbons (Fsp3) is 0.0667. The highest BCUT2D eigenvalue weighted by Crippen LogP contribution is 2.16. The molecule has 0 saturated heterocycles. The number of hydrazone groups is 1. The first-order chi connectivity index (χ1) is 9.58. The van der Waals surface area contributed by atoms with Crippen molar-refractivity contribution in [3.63, 3.8) is 0 Å². The zero-order valence-corrected chi connectivity index (χ0v) is 12.3. The maximum atomic E-state index is 12.8. The largest absolute Gasteiger partial charge is 0.271 e. The molecule has 2 aromatic rings. The molecule has 5 heteroatoms. The maximum absolute atomic E-state index is 12.8. The molecule has 0 aromatic heterocycles. The van der Waals surface area contributed by atoms with Crippen LogP contribution in [0, 0.1) is 5.82 Å². The van der Waals surface area contributed by atoms with Crippen molar-refractivity contribution >= 4 is 27.5 Å². The third-order valence-corrected chi connectivity index (χ3v) is 3.39. The van der Waals surface area contributed by atoms with Crippen molar-refractivity contribution in [2.24, 2.45) is 5.10 Å². The van der Waals surface area contributed by atoms with Crippen LogP contribution in [0.2, 0.25) is 0 Å². The standard InChI is InChI=1S/C15H12BrFN2O/c1-10(13-4-2-3-5-14(13)16)18-19-15(20)11-6-8-12(17)9-7-11/h2-9H,1H3,(H,19,20)/b18-10+. The molecule has 0 heterocycles. The molecule has 3 nitrogen and oxygen atoms in total. The topological polar surface area (TPSA) is 41.5 Å². The Kier molecular flexibility index (Phi) is 4.63. The number of benzene rings is 2. The van der Waals surface area contributed by atoms with Crippen LogP contribution in [0.1, 0.15) is 22.8 Å². The molecule has 20 heavy (non-hydrogen) atoms. The predicted molar refractivity (Wildman–Crippen MR) is 80.2 cm³/mol. The summed E-state index contributed by atoms with van der Waals surface area (Å²) in [4.78, 5) is 11.8. The molecule has 0 unspecified atom stereocenters. The summed E-state index contributed by atoms with van der Waals surface area (Å²) in [5.74, 6) is -0.758. The van der Waals surface area contributed by atoms with Crippen LogP contribution in [-0.4, -0.2) is 11.6 Å². The lowest BCUT2D eigenvalue weighted by Crippen LogP contribution is -2.19. The van der Waals surface area contributed by atoms with Gasteiger partial charge in [-0.1, -0.05) is 34.1 Å². The van der Waals surface area contributed by atoms with E-state index in [1.807, 2.05) is 24.3 Å². The van der Waals surface area contributed by atoms with Crippen molar-refractivity contribution < 1.29 is 9.18 Å². The van der Waals surface area contributed by atoms with Gasteiger partial charge in [0.15, 0.2) is 0 Å². The summed E-state index contributed by atoms with van der Waals surface area (Å²) >= 11 is 3.42. The van der Waals surface area contributed by atoms with E-state index in [4.69, 9.17) is 0 Å². The zero-order valence-electron chi connectivity index (χ0n) is 10.7. The van der Waals surface area contributed by atoms with E-state index in [0.29, 0.717) is 11.3 Å². The summed E-state index contributed by atoms with van der Waals surface area (Å²) in [7, 11) is 0. The third-order valence-electron chi connectivity index (χ3n) is 2.70. The first kappa shape index (κ1) is 14.4. The average Bonchev–Trinajstić information content (AvgIpc) is 2.45. The Hall–Kier alpha value is -2.01. The van der Waals surface area contributed by atoms with Crippen LogP contribution in [0.3, 0.4) is 0 Å². The van der Waals surface area contributed by atoms with E-state index in [1.165, 1.54) is 24.3 Å². The third kappa shape index (κ3) is 3.51. The molecule has 1 amide bonds. The van der Waals surface area contributed by atoms with E-state index in [0.717, 1.165) is 10.0 Å². The summed E-state index contributed by atoms with van der Waals surface area (Å²) in [6.07, 6.45) is 0. The van der Waals surface area contributed by atoms with Crippen molar-refractivity contribution in [1.29, 1.82) is 0 Å². The second-order valence-electron chi connectivity index (χ2n) is 4.12. The van der Waals surface area contributed by atoms with Gasteiger partial charge in [0, 0.05) is 15.6 Å². The average molecular weight is 335 g/mol. The number of hydrogen-bond acceptors (Lipinski definition) is 2. The SMILES string of the molecule is C/C(=N\NC(=O)c1ccc(F)cc1)c1ccccc1Br. The number of carbonyl (C=O) groups excluding carboxylic acids is 1. The first-order valence-corrected chi connectivity index (χ1v) is 6.72. The van der Waals surface area contributed by atoms with E-state index in [9.17, 15) is 9.18 Å². The molecule has 0 fully saturated rings. The molecule has 0 radical (unpaired) electrons. The van der Waals surface area contributed by atoms with Gasteiger partial charge in [-0.2, -0.15) is 5.10 Å². The first-order valence-electron chi connectivity index (χ1n) is 5.93. The lowest BCUT2D eigenvalue weighted by molar-refractivity contribution is 0.0955. The number of hydrogen-bond donors (Lipinski definition) is 1. The minimum absolute atomic E-state index is 0.357. The highest BCUT2D eigenvalue weighted by atomic mass is 79.9. The van der Waals surface area contributed by atoms with Gasteiger partial charge in [-0.3, -0.25) is 4.79 Å². The fourth-order valence-electron chi connectivity index (χ4n) is 1.62. The highest BCUT2D eigenvalue weighted by molar-refractivity contribution is 9.10. The van der Waals surface area contributed by atoms with Crippen LogP contribution in [0.4, 0.5) is 4.39 Å². The molecule has 2 rings (SSSR count). The minimum atomic E-state index is -0.380. The van der Waals surface area contributed by atoms with Gasteiger partial charge >= 0.3 is 0 Å². The number of nitrogens with zero attached hydrogens (tertiary/aromatic N) is 1. The van der Waals surface area contributed by atoms with Crippen LogP contribution >= 0.6 is 15.9 Å². The minimum Gasteiger partial charge on any atom is -0.267 e. The van der Waals surface area contributed by atoms with E-state index in [-0.39, 0.29) is 11.7 Å². The number of carbonyl (C=O) groups is 1. The monoisotopic (exact) mass is 334 g/mol. The van der Waals surface area contributed by atoms with Crippen molar-refractivity contribution in [2.45, 2.75) is 6.92 Å². The maximum Gasteiger partial charge on any atom is 0.271 e. The van der Waals surface area contributed by atoms with Gasteiger partial charge in [0.1, 0.15) is 5.82 Å². The van der Waals surface area contributed by atoms with Crippen LogP contribution in [0.15, 0.2) is 58.1 Å². The fourth-order valence-corrected chi connectivity index (χ4v) is 2.19. The van der Waals surface area contributed by atoms with E-state index < -0.39 is 0 Å². The Morgan fingerprint density at radius 1 is 1.15 bits per heavy atom. The Bertz CT molecular complexity index is 653. The molecule has 1 N–H and O–H groups in total. The molecule has 102 valence electrons. The second-order valence-corrected chi connectivity index (χ2v) is 4.98. The molecule has 0 aliphatic carbocycles. The summed E-state index contributed by atoms with van der Waals surface area (Å²) in [6, 6.07) is 12.9. The van der Waals surface area contributed by atoms with E-state index in [1.54, 1.807) is 6.92 Å². The molecule has 2 aromatic carbocycles. The van der Waals surface area contributed by atoms with Gasteiger partial charge in [-0.25, -0.2) is 9.82 Å². The molecule has 0 aliphatic rings. The van der Waals surface area contributed by atoms with Gasteiger partial charge in [0.25, 0.3) is 5.91 Å². The van der Waals surface area contributed by atoms with Gasteiger partial charge in [-0.05, 0) is 37.3 Å². The predicted octanol–water partition coefficient (Wildman–Crippen LogP) is 3.74. The summed E-state index contributed by atoms with van der Waals surface area (Å²) in [5.41, 5.74) is 4.38.